The summed E-state index contributed by atoms with van der Waals surface area (Å²) < 4.78 is 12.8. The number of anilines is 1. The Kier molecular flexibility index (Phi) is 2.18. The van der Waals surface area contributed by atoms with E-state index in [9.17, 15) is 4.39 Å². The van der Waals surface area contributed by atoms with Crippen LogP contribution in [0.25, 0.3) is 0 Å². The van der Waals surface area contributed by atoms with Gasteiger partial charge in [0.05, 0.1) is 6.20 Å². The Hall–Kier alpha value is -1.84. The molecule has 14 heavy (non-hydrogen) atoms. The molecule has 0 aliphatic carbocycles. The van der Waals surface area contributed by atoms with E-state index >= 15 is 0 Å². The van der Waals surface area contributed by atoms with Crippen LogP contribution in [0.2, 0.25) is 0 Å². The summed E-state index contributed by atoms with van der Waals surface area (Å²) >= 11 is 0. The summed E-state index contributed by atoms with van der Waals surface area (Å²) in [6.45, 7) is 0. The maximum atomic E-state index is 12.8. The fraction of sp³-hybridized carbons (Fsp3) is 0.100. The molecule has 0 fully saturated rings. The number of nitrogens with zero attached hydrogens (tertiary/aromatic N) is 1. The molecule has 3 nitrogen and oxygen atoms in total. The van der Waals surface area contributed by atoms with Gasteiger partial charge in [0.2, 0.25) is 0 Å². The summed E-state index contributed by atoms with van der Waals surface area (Å²) in [5.74, 6) is 0.159. The number of H-pyrrole nitrogens is 1. The van der Waals surface area contributed by atoms with E-state index in [0.29, 0.717) is 12.4 Å². The summed E-state index contributed by atoms with van der Waals surface area (Å²) in [7, 11) is 0. The molecule has 0 bridgehead atoms. The van der Waals surface area contributed by atoms with Crippen LogP contribution in [0.4, 0.5) is 10.3 Å². The number of benzene rings is 1. The molecule has 0 aliphatic rings. The second-order valence-electron chi connectivity index (χ2n) is 3.10. The Morgan fingerprint density at radius 1 is 1.43 bits per heavy atom. The maximum Gasteiger partial charge on any atom is 0.197 e. The Morgan fingerprint density at radius 2 is 2.29 bits per heavy atom. The monoisotopic (exact) mass is 191 g/mol. The van der Waals surface area contributed by atoms with Gasteiger partial charge >= 0.3 is 0 Å². The highest BCUT2D eigenvalue weighted by molar-refractivity contribution is 5.25. The smallest absolute Gasteiger partial charge is 0.197 e. The van der Waals surface area contributed by atoms with E-state index in [1.165, 1.54) is 12.1 Å². The molecule has 72 valence electrons. The second kappa shape index (κ2) is 3.49. The van der Waals surface area contributed by atoms with Crippen LogP contribution >= 0.6 is 0 Å². The minimum atomic E-state index is -0.227. The van der Waals surface area contributed by atoms with Crippen molar-refractivity contribution in [3.05, 3.63) is 47.5 Å². The van der Waals surface area contributed by atoms with Gasteiger partial charge in [-0.1, -0.05) is 12.1 Å². The summed E-state index contributed by atoms with van der Waals surface area (Å²) in [6.07, 6.45) is 2.27. The predicted molar refractivity (Wildman–Crippen MR) is 52.2 cm³/mol. The van der Waals surface area contributed by atoms with Crippen molar-refractivity contribution in [1.29, 1.82) is 0 Å². The highest BCUT2D eigenvalue weighted by atomic mass is 19.1. The Morgan fingerprint density at radius 3 is 2.93 bits per heavy atom. The van der Waals surface area contributed by atoms with Gasteiger partial charge in [0, 0.05) is 12.1 Å². The van der Waals surface area contributed by atoms with Crippen LogP contribution in [0, 0.1) is 5.82 Å². The van der Waals surface area contributed by atoms with E-state index in [0.717, 1.165) is 11.3 Å². The Balaban J connectivity index is 2.18. The average molecular weight is 191 g/mol. The van der Waals surface area contributed by atoms with E-state index in [-0.39, 0.29) is 5.82 Å². The topological polar surface area (TPSA) is 54.7 Å². The SMILES string of the molecule is Nc1ncc(Cc2cccc(F)c2)[nH]1. The fourth-order valence-electron chi connectivity index (χ4n) is 1.33. The minimum Gasteiger partial charge on any atom is -0.369 e. The van der Waals surface area contributed by atoms with Gasteiger partial charge in [0.1, 0.15) is 5.82 Å². The molecule has 0 saturated heterocycles. The van der Waals surface area contributed by atoms with Crippen molar-refractivity contribution in [1.82, 2.24) is 9.97 Å². The summed E-state index contributed by atoms with van der Waals surface area (Å²) in [5, 5.41) is 0. The van der Waals surface area contributed by atoms with E-state index < -0.39 is 0 Å². The molecule has 1 heterocycles. The lowest BCUT2D eigenvalue weighted by atomic mass is 10.1. The van der Waals surface area contributed by atoms with Crippen molar-refractivity contribution in [2.75, 3.05) is 5.73 Å². The fourth-order valence-corrected chi connectivity index (χ4v) is 1.33. The van der Waals surface area contributed by atoms with Gasteiger partial charge in [0.25, 0.3) is 0 Å². The van der Waals surface area contributed by atoms with Crippen molar-refractivity contribution < 1.29 is 4.39 Å². The van der Waals surface area contributed by atoms with E-state index in [1.807, 2.05) is 6.07 Å². The van der Waals surface area contributed by atoms with Gasteiger partial charge in [-0.2, -0.15) is 0 Å². The molecule has 0 radical (unpaired) electrons. The van der Waals surface area contributed by atoms with Gasteiger partial charge in [0.15, 0.2) is 5.95 Å². The lowest BCUT2D eigenvalue weighted by Gasteiger charge is -1.98. The molecule has 4 heteroatoms. The number of rotatable bonds is 2. The molecule has 1 aromatic heterocycles. The average Bonchev–Trinajstić information content (AvgIpc) is 2.51. The van der Waals surface area contributed by atoms with E-state index in [1.54, 1.807) is 12.3 Å². The van der Waals surface area contributed by atoms with Crippen LogP contribution in [0.15, 0.2) is 30.5 Å². The lowest BCUT2D eigenvalue weighted by molar-refractivity contribution is 0.626. The molecule has 2 aromatic rings. The third-order valence-corrected chi connectivity index (χ3v) is 1.93. The van der Waals surface area contributed by atoms with Crippen LogP contribution in [0.3, 0.4) is 0 Å². The van der Waals surface area contributed by atoms with Crippen molar-refractivity contribution in [2.24, 2.45) is 0 Å². The number of nitrogen functional groups attached to an aromatic ring is 1. The zero-order valence-electron chi connectivity index (χ0n) is 7.50. The number of hydrogen-bond donors (Lipinski definition) is 2. The first-order chi connectivity index (χ1) is 6.74. The standard InChI is InChI=1S/C10H10FN3/c11-8-3-1-2-7(4-8)5-9-6-13-10(12)14-9/h1-4,6H,5H2,(H3,12,13,14). The molecule has 0 atom stereocenters. The van der Waals surface area contributed by atoms with E-state index in [4.69, 9.17) is 5.73 Å². The molecule has 3 N–H and O–H groups in total. The number of halogens is 1. The lowest BCUT2D eigenvalue weighted by Crippen LogP contribution is -1.90. The van der Waals surface area contributed by atoms with Crippen LogP contribution in [-0.4, -0.2) is 9.97 Å². The third kappa shape index (κ3) is 1.90. The van der Waals surface area contributed by atoms with Crippen LogP contribution in [0.5, 0.6) is 0 Å². The number of nitrogens with two attached hydrogens (primary N) is 1. The van der Waals surface area contributed by atoms with E-state index in [2.05, 4.69) is 9.97 Å². The maximum absolute atomic E-state index is 12.8. The number of hydrogen-bond acceptors (Lipinski definition) is 2. The first kappa shape index (κ1) is 8.74. The second-order valence-corrected chi connectivity index (χ2v) is 3.10. The molecular weight excluding hydrogens is 181 g/mol. The van der Waals surface area contributed by atoms with Crippen LogP contribution in [0.1, 0.15) is 11.3 Å². The number of imidazole rings is 1. The van der Waals surface area contributed by atoms with Crippen LogP contribution in [-0.2, 0) is 6.42 Å². The first-order valence-corrected chi connectivity index (χ1v) is 4.28. The van der Waals surface area contributed by atoms with Crippen molar-refractivity contribution in [3.8, 4) is 0 Å². The number of nitrogens with one attached hydrogen (secondary N) is 1. The predicted octanol–water partition coefficient (Wildman–Crippen LogP) is 1.72. The van der Waals surface area contributed by atoms with Crippen molar-refractivity contribution >= 4 is 5.95 Å². The van der Waals surface area contributed by atoms with Crippen LogP contribution < -0.4 is 5.73 Å². The number of aromatic amines is 1. The molecule has 0 saturated carbocycles. The van der Waals surface area contributed by atoms with Crippen molar-refractivity contribution in [2.45, 2.75) is 6.42 Å². The molecule has 2 rings (SSSR count). The number of aromatic nitrogens is 2. The first-order valence-electron chi connectivity index (χ1n) is 4.28. The van der Waals surface area contributed by atoms with Gasteiger partial charge in [-0.15, -0.1) is 0 Å². The zero-order valence-corrected chi connectivity index (χ0v) is 7.50. The Bertz CT molecular complexity index is 436. The summed E-state index contributed by atoms with van der Waals surface area (Å²) in [6, 6.07) is 6.46. The van der Waals surface area contributed by atoms with Gasteiger partial charge < -0.3 is 10.7 Å². The van der Waals surface area contributed by atoms with Gasteiger partial charge in [-0.3, -0.25) is 0 Å². The summed E-state index contributed by atoms with van der Waals surface area (Å²) in [5.41, 5.74) is 7.20. The molecule has 0 aliphatic heterocycles. The highest BCUT2D eigenvalue weighted by Gasteiger charge is 2.00. The zero-order chi connectivity index (χ0) is 9.97. The molecule has 1 aromatic carbocycles. The van der Waals surface area contributed by atoms with Gasteiger partial charge in [-0.05, 0) is 17.7 Å². The molecular formula is C10H10FN3. The molecule has 0 amide bonds. The largest absolute Gasteiger partial charge is 0.369 e. The normalized spacial score (nSPS) is 10.4. The molecule has 0 unspecified atom stereocenters. The third-order valence-electron chi connectivity index (χ3n) is 1.93. The van der Waals surface area contributed by atoms with Crippen molar-refractivity contribution in [3.63, 3.8) is 0 Å². The summed E-state index contributed by atoms with van der Waals surface area (Å²) in [4.78, 5) is 6.75. The Labute approximate surface area is 80.8 Å². The quantitative estimate of drug-likeness (QED) is 0.759. The highest BCUT2D eigenvalue weighted by Crippen LogP contribution is 2.09. The molecule has 0 spiro atoms. The minimum absolute atomic E-state index is 0.227. The van der Waals surface area contributed by atoms with Gasteiger partial charge in [-0.25, -0.2) is 9.37 Å².